The van der Waals surface area contributed by atoms with Gasteiger partial charge in [0.1, 0.15) is 28.8 Å². The lowest BCUT2D eigenvalue weighted by atomic mass is 10.2. The normalized spacial score (nSPS) is 10.3. The maximum Gasteiger partial charge on any atom is 0.274 e. The zero-order chi connectivity index (χ0) is 20.6. The molecule has 7 heteroatoms. The topological polar surface area (TPSA) is 85.4 Å². The third-order valence-corrected chi connectivity index (χ3v) is 4.15. The number of hydrogen-bond donors (Lipinski definition) is 2. The van der Waals surface area contributed by atoms with Crippen molar-refractivity contribution in [3.8, 4) is 11.5 Å². The highest BCUT2D eigenvalue weighted by atomic mass is 16.5. The van der Waals surface area contributed by atoms with Gasteiger partial charge in [0.2, 0.25) is 0 Å². The van der Waals surface area contributed by atoms with Crippen molar-refractivity contribution >= 4 is 17.4 Å². The third-order valence-electron chi connectivity index (χ3n) is 4.15. The first-order chi connectivity index (χ1) is 14.1. The molecule has 2 aromatic carbocycles. The van der Waals surface area contributed by atoms with Crippen molar-refractivity contribution in [2.45, 2.75) is 20.4 Å². The number of para-hydroxylation sites is 1. The number of nitrogens with one attached hydrogen (secondary N) is 2. The summed E-state index contributed by atoms with van der Waals surface area (Å²) < 4.78 is 10.8. The Hall–Kier alpha value is -3.61. The van der Waals surface area contributed by atoms with Gasteiger partial charge in [-0.2, -0.15) is 0 Å². The average molecular weight is 392 g/mol. The van der Waals surface area contributed by atoms with Crippen LogP contribution < -0.4 is 20.1 Å². The molecular weight excluding hydrogens is 368 g/mol. The number of hydrogen-bond acceptors (Lipinski definition) is 6. The van der Waals surface area contributed by atoms with Gasteiger partial charge in [-0.3, -0.25) is 4.79 Å². The number of aromatic nitrogens is 2. The molecule has 0 bridgehead atoms. The van der Waals surface area contributed by atoms with E-state index in [4.69, 9.17) is 9.47 Å². The van der Waals surface area contributed by atoms with Crippen LogP contribution in [0.2, 0.25) is 0 Å². The quantitative estimate of drug-likeness (QED) is 0.601. The largest absolute Gasteiger partial charge is 0.496 e. The number of anilines is 2. The summed E-state index contributed by atoms with van der Waals surface area (Å²) in [6, 6.07) is 16.6. The molecule has 0 aliphatic carbocycles. The van der Waals surface area contributed by atoms with Gasteiger partial charge < -0.3 is 20.1 Å². The molecule has 7 nitrogen and oxygen atoms in total. The lowest BCUT2D eigenvalue weighted by molar-refractivity contribution is 0.102. The van der Waals surface area contributed by atoms with Gasteiger partial charge in [0.25, 0.3) is 5.91 Å². The molecule has 0 radical (unpaired) electrons. The molecule has 150 valence electrons. The molecule has 0 unspecified atom stereocenters. The minimum absolute atomic E-state index is 0.286. The summed E-state index contributed by atoms with van der Waals surface area (Å²) in [6.07, 6.45) is 0. The summed E-state index contributed by atoms with van der Waals surface area (Å²) in [5.41, 5.74) is 1.94. The molecular formula is C22H24N4O3. The summed E-state index contributed by atoms with van der Waals surface area (Å²) in [6.45, 7) is 4.78. The Morgan fingerprint density at radius 1 is 1.07 bits per heavy atom. The van der Waals surface area contributed by atoms with Gasteiger partial charge in [-0.25, -0.2) is 9.97 Å². The van der Waals surface area contributed by atoms with E-state index in [0.717, 1.165) is 17.1 Å². The lowest BCUT2D eigenvalue weighted by Gasteiger charge is -2.11. The summed E-state index contributed by atoms with van der Waals surface area (Å²) in [5, 5.41) is 6.07. The lowest BCUT2D eigenvalue weighted by Crippen LogP contribution is -2.16. The first-order valence-electron chi connectivity index (χ1n) is 9.34. The van der Waals surface area contributed by atoms with E-state index in [0.29, 0.717) is 30.5 Å². The van der Waals surface area contributed by atoms with Crippen LogP contribution in [-0.2, 0) is 6.54 Å². The molecule has 0 fully saturated rings. The highest BCUT2D eigenvalue weighted by Crippen LogP contribution is 2.19. The van der Waals surface area contributed by atoms with Crippen LogP contribution in [0.15, 0.2) is 54.6 Å². The average Bonchev–Trinajstić information content (AvgIpc) is 2.73. The maximum atomic E-state index is 12.6. The van der Waals surface area contributed by atoms with Crippen molar-refractivity contribution in [1.29, 1.82) is 0 Å². The number of carbonyl (C=O) groups is 1. The molecule has 0 aliphatic heterocycles. The first-order valence-corrected chi connectivity index (χ1v) is 9.34. The second kappa shape index (κ2) is 9.54. The molecule has 0 spiro atoms. The van der Waals surface area contributed by atoms with Gasteiger partial charge in [-0.15, -0.1) is 0 Å². The molecule has 3 aromatic rings. The number of carbonyl (C=O) groups excluding carboxylic acids is 1. The standard InChI is InChI=1S/C22H24N4O3/c1-4-29-18-11-9-17(10-12-18)26-22(27)19-13-21(25-15(2)24-19)23-14-16-7-5-6-8-20(16)28-3/h5-13H,4,14H2,1-3H3,(H,26,27)(H,23,24,25). The number of amides is 1. The van der Waals surface area contributed by atoms with Crippen molar-refractivity contribution in [2.24, 2.45) is 0 Å². The smallest absolute Gasteiger partial charge is 0.274 e. The van der Waals surface area contributed by atoms with E-state index in [1.807, 2.05) is 43.3 Å². The van der Waals surface area contributed by atoms with Crippen molar-refractivity contribution in [2.75, 3.05) is 24.4 Å². The molecule has 3 rings (SSSR count). The van der Waals surface area contributed by atoms with Gasteiger partial charge in [0, 0.05) is 23.9 Å². The Labute approximate surface area is 170 Å². The van der Waals surface area contributed by atoms with Gasteiger partial charge in [0.05, 0.1) is 13.7 Å². The zero-order valence-electron chi connectivity index (χ0n) is 16.7. The predicted octanol–water partition coefficient (Wildman–Crippen LogP) is 4.06. The Bertz CT molecular complexity index is 974. The number of methoxy groups -OCH3 is 1. The van der Waals surface area contributed by atoms with E-state index in [-0.39, 0.29) is 11.6 Å². The molecule has 2 N–H and O–H groups in total. The molecule has 1 heterocycles. The van der Waals surface area contributed by atoms with E-state index < -0.39 is 0 Å². The Morgan fingerprint density at radius 2 is 1.83 bits per heavy atom. The van der Waals surface area contributed by atoms with Crippen LogP contribution in [0, 0.1) is 6.92 Å². The third kappa shape index (κ3) is 5.44. The fourth-order valence-corrected chi connectivity index (χ4v) is 2.81. The van der Waals surface area contributed by atoms with Crippen LogP contribution >= 0.6 is 0 Å². The van der Waals surface area contributed by atoms with Gasteiger partial charge >= 0.3 is 0 Å². The van der Waals surface area contributed by atoms with Crippen LogP contribution in [0.4, 0.5) is 11.5 Å². The van der Waals surface area contributed by atoms with E-state index in [1.54, 1.807) is 32.2 Å². The van der Waals surface area contributed by atoms with Crippen molar-refractivity contribution in [3.63, 3.8) is 0 Å². The van der Waals surface area contributed by atoms with E-state index in [1.165, 1.54) is 0 Å². The monoisotopic (exact) mass is 392 g/mol. The highest BCUT2D eigenvalue weighted by Gasteiger charge is 2.12. The fourth-order valence-electron chi connectivity index (χ4n) is 2.81. The number of benzene rings is 2. The predicted molar refractivity (Wildman–Crippen MR) is 113 cm³/mol. The van der Waals surface area contributed by atoms with Gasteiger partial charge in [-0.1, -0.05) is 18.2 Å². The van der Waals surface area contributed by atoms with Crippen LogP contribution in [0.25, 0.3) is 0 Å². The zero-order valence-corrected chi connectivity index (χ0v) is 16.7. The maximum absolute atomic E-state index is 12.6. The van der Waals surface area contributed by atoms with Gasteiger partial charge in [0.15, 0.2) is 0 Å². The van der Waals surface area contributed by atoms with Crippen molar-refractivity contribution in [3.05, 3.63) is 71.7 Å². The summed E-state index contributed by atoms with van der Waals surface area (Å²) in [5.74, 6) is 2.32. The van der Waals surface area contributed by atoms with Gasteiger partial charge in [-0.05, 0) is 44.2 Å². The van der Waals surface area contributed by atoms with E-state index >= 15 is 0 Å². The van der Waals surface area contributed by atoms with Crippen LogP contribution in [0.1, 0.15) is 28.8 Å². The number of ether oxygens (including phenoxy) is 2. The fraction of sp³-hybridized carbons (Fsp3) is 0.227. The summed E-state index contributed by atoms with van der Waals surface area (Å²) in [4.78, 5) is 21.2. The molecule has 29 heavy (non-hydrogen) atoms. The number of rotatable bonds is 8. The Balaban J connectivity index is 1.70. The van der Waals surface area contributed by atoms with Crippen LogP contribution in [0.5, 0.6) is 11.5 Å². The van der Waals surface area contributed by atoms with E-state index in [9.17, 15) is 4.79 Å². The number of nitrogens with zero attached hydrogens (tertiary/aromatic N) is 2. The molecule has 0 saturated carbocycles. The summed E-state index contributed by atoms with van der Waals surface area (Å²) >= 11 is 0. The summed E-state index contributed by atoms with van der Waals surface area (Å²) in [7, 11) is 1.64. The Morgan fingerprint density at radius 3 is 2.55 bits per heavy atom. The first kappa shape index (κ1) is 20.1. The highest BCUT2D eigenvalue weighted by molar-refractivity contribution is 6.03. The molecule has 0 saturated heterocycles. The molecule has 1 aromatic heterocycles. The minimum atomic E-state index is -0.306. The second-order valence-electron chi connectivity index (χ2n) is 6.26. The van der Waals surface area contributed by atoms with E-state index in [2.05, 4.69) is 20.6 Å². The molecule has 0 atom stereocenters. The number of aryl methyl sites for hydroxylation is 1. The van der Waals surface area contributed by atoms with Crippen molar-refractivity contribution < 1.29 is 14.3 Å². The minimum Gasteiger partial charge on any atom is -0.496 e. The Kier molecular flexibility index (Phi) is 6.63. The molecule has 0 aliphatic rings. The van der Waals surface area contributed by atoms with Crippen molar-refractivity contribution in [1.82, 2.24) is 9.97 Å². The second-order valence-corrected chi connectivity index (χ2v) is 6.26. The SMILES string of the molecule is CCOc1ccc(NC(=O)c2cc(NCc3ccccc3OC)nc(C)n2)cc1. The van der Waals surface area contributed by atoms with Crippen LogP contribution in [-0.4, -0.2) is 29.6 Å². The van der Waals surface area contributed by atoms with Crippen LogP contribution in [0.3, 0.4) is 0 Å². The molecule has 1 amide bonds.